The normalized spacial score (nSPS) is 17.2. The van der Waals surface area contributed by atoms with E-state index in [1.807, 2.05) is 0 Å². The highest BCUT2D eigenvalue weighted by molar-refractivity contribution is 5.97. The number of ether oxygens (including phenoxy) is 1. The summed E-state index contributed by atoms with van der Waals surface area (Å²) in [5.74, 6) is -2.57. The van der Waals surface area contributed by atoms with Crippen molar-refractivity contribution in [2.75, 3.05) is 13.2 Å². The number of halogens is 4. The molecule has 8 heteroatoms. The molecule has 0 aromatic heterocycles. The van der Waals surface area contributed by atoms with Crippen LogP contribution in [0.1, 0.15) is 61.4 Å². The van der Waals surface area contributed by atoms with E-state index in [1.165, 1.54) is 0 Å². The zero-order chi connectivity index (χ0) is 20.0. The van der Waals surface area contributed by atoms with E-state index in [2.05, 4.69) is 6.92 Å². The Balaban J connectivity index is 2.08. The minimum Gasteiger partial charge on any atom is -0.464 e. The highest BCUT2D eigenvalue weighted by Crippen LogP contribution is 2.31. The van der Waals surface area contributed by atoms with Gasteiger partial charge in [0.2, 0.25) is 0 Å². The number of carbonyl (C=O) groups is 2. The molecule has 150 valence electrons. The SMILES string of the molecule is CCCCCCOC(=O)C1CCCN1C(=O)c1cc(C(F)(F)F)ccc1F. The van der Waals surface area contributed by atoms with Gasteiger partial charge in [-0.3, -0.25) is 4.79 Å². The van der Waals surface area contributed by atoms with Crippen molar-refractivity contribution in [3.05, 3.63) is 35.1 Å². The van der Waals surface area contributed by atoms with E-state index in [4.69, 9.17) is 4.74 Å². The number of nitrogens with zero attached hydrogens (tertiary/aromatic N) is 1. The highest BCUT2D eigenvalue weighted by Gasteiger charge is 2.38. The third kappa shape index (κ3) is 5.43. The molecule has 1 atom stereocenters. The Bertz CT molecular complexity index is 675. The van der Waals surface area contributed by atoms with Crippen LogP contribution >= 0.6 is 0 Å². The summed E-state index contributed by atoms with van der Waals surface area (Å²) in [6, 6.07) is 0.798. The van der Waals surface area contributed by atoms with Gasteiger partial charge in [-0.1, -0.05) is 26.2 Å². The summed E-state index contributed by atoms with van der Waals surface area (Å²) in [7, 11) is 0. The summed E-state index contributed by atoms with van der Waals surface area (Å²) in [6.45, 7) is 2.46. The first kappa shape index (κ1) is 21.2. The first-order valence-electron chi connectivity index (χ1n) is 9.10. The third-order valence-electron chi connectivity index (χ3n) is 4.55. The predicted octanol–water partition coefficient (Wildman–Crippen LogP) is 4.57. The highest BCUT2D eigenvalue weighted by atomic mass is 19.4. The molecule has 0 spiro atoms. The number of carbonyl (C=O) groups excluding carboxylic acids is 2. The van der Waals surface area contributed by atoms with Gasteiger partial charge in [-0.25, -0.2) is 9.18 Å². The molecular formula is C19H23F4NO3. The third-order valence-corrected chi connectivity index (χ3v) is 4.55. The van der Waals surface area contributed by atoms with Crippen molar-refractivity contribution in [1.29, 1.82) is 0 Å². The summed E-state index contributed by atoms with van der Waals surface area (Å²) in [4.78, 5) is 25.9. The quantitative estimate of drug-likeness (QED) is 0.390. The summed E-state index contributed by atoms with van der Waals surface area (Å²) in [6.07, 6.45) is -0.135. The fourth-order valence-electron chi connectivity index (χ4n) is 3.07. The topological polar surface area (TPSA) is 46.6 Å². The van der Waals surface area contributed by atoms with Crippen LogP contribution in [0.2, 0.25) is 0 Å². The lowest BCUT2D eigenvalue weighted by Gasteiger charge is -2.24. The Morgan fingerprint density at radius 1 is 1.22 bits per heavy atom. The molecule has 1 aliphatic heterocycles. The second kappa shape index (κ2) is 9.19. The van der Waals surface area contributed by atoms with Crippen LogP contribution in [0, 0.1) is 5.82 Å². The first-order chi connectivity index (χ1) is 12.8. The maximum atomic E-state index is 14.0. The van der Waals surface area contributed by atoms with Crippen LogP contribution in [-0.4, -0.2) is 36.0 Å². The van der Waals surface area contributed by atoms with E-state index in [0.717, 1.165) is 24.2 Å². The van der Waals surface area contributed by atoms with Gasteiger partial charge in [0, 0.05) is 6.54 Å². The van der Waals surface area contributed by atoms with Gasteiger partial charge in [-0.2, -0.15) is 13.2 Å². The molecule has 1 aromatic rings. The molecular weight excluding hydrogens is 366 g/mol. The minimum atomic E-state index is -4.69. The van der Waals surface area contributed by atoms with E-state index < -0.39 is 41.0 Å². The van der Waals surface area contributed by atoms with E-state index in [-0.39, 0.29) is 13.2 Å². The summed E-state index contributed by atoms with van der Waals surface area (Å²) < 4.78 is 57.7. The largest absolute Gasteiger partial charge is 0.464 e. The molecule has 0 radical (unpaired) electrons. The van der Waals surface area contributed by atoms with E-state index in [1.54, 1.807) is 0 Å². The van der Waals surface area contributed by atoms with Crippen LogP contribution in [0.5, 0.6) is 0 Å². The van der Waals surface area contributed by atoms with E-state index >= 15 is 0 Å². The second-order valence-corrected chi connectivity index (χ2v) is 6.58. The molecule has 1 saturated heterocycles. The number of likely N-dealkylation sites (tertiary alicyclic amines) is 1. The second-order valence-electron chi connectivity index (χ2n) is 6.58. The van der Waals surface area contributed by atoms with Crippen LogP contribution in [0.3, 0.4) is 0 Å². The zero-order valence-electron chi connectivity index (χ0n) is 15.2. The molecule has 4 nitrogen and oxygen atoms in total. The Kier molecular flexibility index (Phi) is 7.21. The number of hydrogen-bond donors (Lipinski definition) is 0. The fraction of sp³-hybridized carbons (Fsp3) is 0.579. The van der Waals surface area contributed by atoms with Gasteiger partial charge in [0.05, 0.1) is 17.7 Å². The molecule has 1 aliphatic rings. The van der Waals surface area contributed by atoms with Gasteiger partial charge in [-0.05, 0) is 37.5 Å². The monoisotopic (exact) mass is 389 g/mol. The number of hydrogen-bond acceptors (Lipinski definition) is 3. The van der Waals surface area contributed by atoms with Gasteiger partial charge in [0.25, 0.3) is 5.91 Å². The van der Waals surface area contributed by atoms with Crippen molar-refractivity contribution in [2.24, 2.45) is 0 Å². The molecule has 1 fully saturated rings. The summed E-state index contributed by atoms with van der Waals surface area (Å²) in [5.41, 5.74) is -1.80. The predicted molar refractivity (Wildman–Crippen MR) is 90.6 cm³/mol. The van der Waals surface area contributed by atoms with Crippen LogP contribution in [-0.2, 0) is 15.7 Å². The maximum absolute atomic E-state index is 14.0. The van der Waals surface area contributed by atoms with Crippen LogP contribution in [0.4, 0.5) is 17.6 Å². The molecule has 0 saturated carbocycles. The van der Waals surface area contributed by atoms with Crippen molar-refractivity contribution >= 4 is 11.9 Å². The number of amides is 1. The number of esters is 1. The number of alkyl halides is 3. The van der Waals surface area contributed by atoms with Crippen molar-refractivity contribution in [3.63, 3.8) is 0 Å². The lowest BCUT2D eigenvalue weighted by Crippen LogP contribution is -2.42. The van der Waals surface area contributed by atoms with Crippen molar-refractivity contribution in [2.45, 2.75) is 57.7 Å². The number of benzene rings is 1. The molecule has 0 bridgehead atoms. The fourth-order valence-corrected chi connectivity index (χ4v) is 3.07. The Morgan fingerprint density at radius 3 is 2.63 bits per heavy atom. The van der Waals surface area contributed by atoms with E-state index in [0.29, 0.717) is 37.5 Å². The molecule has 0 N–H and O–H groups in total. The standard InChI is InChI=1S/C19H23F4NO3/c1-2-3-4-5-11-27-18(26)16-7-6-10-24(16)17(25)14-12-13(19(21,22)23)8-9-15(14)20/h8-9,12,16H,2-7,10-11H2,1H3. The molecule has 27 heavy (non-hydrogen) atoms. The molecule has 2 rings (SSSR count). The summed E-state index contributed by atoms with van der Waals surface area (Å²) >= 11 is 0. The first-order valence-corrected chi connectivity index (χ1v) is 9.10. The Hall–Kier alpha value is -2.12. The van der Waals surface area contributed by atoms with Gasteiger partial charge in [0.1, 0.15) is 11.9 Å². The molecule has 0 aliphatic carbocycles. The van der Waals surface area contributed by atoms with Crippen molar-refractivity contribution in [1.82, 2.24) is 4.90 Å². The number of unbranched alkanes of at least 4 members (excludes halogenated alkanes) is 3. The van der Waals surface area contributed by atoms with Crippen molar-refractivity contribution < 1.29 is 31.9 Å². The average molecular weight is 389 g/mol. The van der Waals surface area contributed by atoms with Gasteiger partial charge >= 0.3 is 12.1 Å². The van der Waals surface area contributed by atoms with Gasteiger partial charge < -0.3 is 9.64 Å². The molecule has 1 unspecified atom stereocenters. The smallest absolute Gasteiger partial charge is 0.416 e. The molecule has 1 amide bonds. The van der Waals surface area contributed by atoms with Crippen LogP contribution < -0.4 is 0 Å². The van der Waals surface area contributed by atoms with Crippen molar-refractivity contribution in [3.8, 4) is 0 Å². The van der Waals surface area contributed by atoms with Crippen LogP contribution in [0.15, 0.2) is 18.2 Å². The van der Waals surface area contributed by atoms with Gasteiger partial charge in [0.15, 0.2) is 0 Å². The summed E-state index contributed by atoms with van der Waals surface area (Å²) in [5, 5.41) is 0. The van der Waals surface area contributed by atoms with Gasteiger partial charge in [-0.15, -0.1) is 0 Å². The van der Waals surface area contributed by atoms with Crippen LogP contribution in [0.25, 0.3) is 0 Å². The lowest BCUT2D eigenvalue weighted by atomic mass is 10.1. The molecule has 1 heterocycles. The Morgan fingerprint density at radius 2 is 1.96 bits per heavy atom. The number of rotatable bonds is 7. The lowest BCUT2D eigenvalue weighted by molar-refractivity contribution is -0.148. The Labute approximate surface area is 155 Å². The zero-order valence-corrected chi connectivity index (χ0v) is 15.2. The average Bonchev–Trinajstić information content (AvgIpc) is 3.10. The van der Waals surface area contributed by atoms with E-state index in [9.17, 15) is 27.2 Å². The molecule has 1 aromatic carbocycles. The minimum absolute atomic E-state index is 0.171. The maximum Gasteiger partial charge on any atom is 0.416 e.